The molecule has 5 heteroatoms. The van der Waals surface area contributed by atoms with Gasteiger partial charge in [0.25, 0.3) is 0 Å². The van der Waals surface area contributed by atoms with Gasteiger partial charge in [0.2, 0.25) is 0 Å². The minimum atomic E-state index is -4.56. The minimum absolute atomic E-state index is 0. The molecule has 0 aliphatic carbocycles. The van der Waals surface area contributed by atoms with Gasteiger partial charge in [0.1, 0.15) is 10.1 Å². The van der Waals surface area contributed by atoms with Gasteiger partial charge in [0, 0.05) is 0 Å². The summed E-state index contributed by atoms with van der Waals surface area (Å²) in [6.07, 6.45) is 41.2. The molecule has 0 saturated heterocycles. The molecular formula is C44H75NaO3S. The monoisotopic (exact) mass is 707 g/mol. The molecule has 0 bridgehead atoms. The van der Waals surface area contributed by atoms with Crippen LogP contribution in [0.25, 0.3) is 10.8 Å². The van der Waals surface area contributed by atoms with E-state index in [1.54, 1.807) is 0 Å². The minimum Gasteiger partial charge on any atom is -0.744 e. The molecule has 0 unspecified atom stereocenters. The molecule has 2 aromatic rings. The molecule has 0 aliphatic rings. The van der Waals surface area contributed by atoms with E-state index in [1.807, 2.05) is 24.3 Å². The zero-order chi connectivity index (χ0) is 34.5. The molecule has 0 amide bonds. The summed E-state index contributed by atoms with van der Waals surface area (Å²) in [6, 6.07) is 9.73. The Morgan fingerprint density at radius 3 is 1.16 bits per heavy atom. The molecule has 0 aromatic heterocycles. The molecule has 276 valence electrons. The second-order valence-electron chi connectivity index (χ2n) is 14.9. The molecule has 0 radical (unpaired) electrons. The first kappa shape index (κ1) is 46.6. The van der Waals surface area contributed by atoms with E-state index in [0.717, 1.165) is 42.2 Å². The van der Waals surface area contributed by atoms with Gasteiger partial charge in [0.05, 0.1) is 4.90 Å². The van der Waals surface area contributed by atoms with Crippen LogP contribution < -0.4 is 29.6 Å². The molecule has 2 rings (SSSR count). The standard InChI is InChI=1S/C44H76O3S.Na/c1-3-5-7-9-11-13-15-17-19-21-23-25-27-29-31-35-40-39-41-36-33-34-38-43(41)44(48(45,46)47)42(40)37-32-30-28-26-24-22-20-18-16-14-12-10-8-6-4-2;/h33-34,36,38-39H,3-32,35,37H2,1-2H3,(H,45,46,47);/q;+1/p-1. The second kappa shape index (κ2) is 31.2. The Morgan fingerprint density at radius 2 is 0.796 bits per heavy atom. The molecule has 0 heterocycles. The SMILES string of the molecule is CCCCCCCCCCCCCCCCCc1cc2ccccc2c(S(=O)(=O)[O-])c1CCCCCCCCCCCCCCCCC.[Na+]. The predicted molar refractivity (Wildman–Crippen MR) is 209 cm³/mol. The summed E-state index contributed by atoms with van der Waals surface area (Å²) in [5.41, 5.74) is 1.90. The van der Waals surface area contributed by atoms with Gasteiger partial charge < -0.3 is 4.55 Å². The van der Waals surface area contributed by atoms with Crippen molar-refractivity contribution in [1.82, 2.24) is 0 Å². The van der Waals surface area contributed by atoms with Gasteiger partial charge in [-0.2, -0.15) is 0 Å². The summed E-state index contributed by atoms with van der Waals surface area (Å²) < 4.78 is 37.9. The van der Waals surface area contributed by atoms with Crippen molar-refractivity contribution in [2.45, 2.75) is 224 Å². The molecule has 0 aliphatic heterocycles. The fourth-order valence-corrected chi connectivity index (χ4v) is 8.55. The number of unbranched alkanes of at least 4 members (excludes halogenated alkanes) is 28. The van der Waals surface area contributed by atoms with Crippen molar-refractivity contribution in [2.24, 2.45) is 0 Å². The number of hydrogen-bond donors (Lipinski definition) is 0. The largest absolute Gasteiger partial charge is 1.00 e. The van der Waals surface area contributed by atoms with Gasteiger partial charge >= 0.3 is 29.6 Å². The number of fused-ring (bicyclic) bond motifs is 1. The van der Waals surface area contributed by atoms with Crippen LogP contribution >= 0.6 is 0 Å². The smallest absolute Gasteiger partial charge is 0.744 e. The van der Waals surface area contributed by atoms with E-state index in [2.05, 4.69) is 19.9 Å². The second-order valence-corrected chi connectivity index (χ2v) is 16.2. The van der Waals surface area contributed by atoms with Crippen molar-refractivity contribution in [1.29, 1.82) is 0 Å². The molecular weight excluding hydrogens is 632 g/mol. The molecule has 0 spiro atoms. The molecule has 0 N–H and O–H groups in total. The van der Waals surface area contributed by atoms with Crippen molar-refractivity contribution in [3.05, 3.63) is 41.5 Å². The predicted octanol–water partition coefficient (Wildman–Crippen LogP) is 11.6. The zero-order valence-electron chi connectivity index (χ0n) is 32.6. The average Bonchev–Trinajstić information content (AvgIpc) is 3.07. The fourth-order valence-electron chi connectivity index (χ4n) is 7.56. The van der Waals surface area contributed by atoms with Crippen LogP contribution in [0.4, 0.5) is 0 Å². The van der Waals surface area contributed by atoms with Crippen molar-refractivity contribution in [3.63, 3.8) is 0 Å². The van der Waals surface area contributed by atoms with Crippen LogP contribution in [0, 0.1) is 0 Å². The molecule has 0 saturated carbocycles. The van der Waals surface area contributed by atoms with Gasteiger partial charge in [-0.3, -0.25) is 0 Å². The molecule has 0 fully saturated rings. The molecule has 2 aromatic carbocycles. The van der Waals surface area contributed by atoms with E-state index < -0.39 is 10.1 Å². The first-order valence-electron chi connectivity index (χ1n) is 21.0. The maximum Gasteiger partial charge on any atom is 1.00 e. The number of benzene rings is 2. The van der Waals surface area contributed by atoms with Gasteiger partial charge in [-0.05, 0) is 47.6 Å². The van der Waals surface area contributed by atoms with Crippen LogP contribution in [0.2, 0.25) is 0 Å². The van der Waals surface area contributed by atoms with Gasteiger partial charge in [0.15, 0.2) is 0 Å². The van der Waals surface area contributed by atoms with Crippen LogP contribution in [0.15, 0.2) is 35.2 Å². The Hall–Kier alpha value is -0.390. The number of rotatable bonds is 33. The van der Waals surface area contributed by atoms with Crippen LogP contribution in [-0.2, 0) is 23.0 Å². The normalized spacial score (nSPS) is 11.7. The van der Waals surface area contributed by atoms with Crippen LogP contribution in [0.3, 0.4) is 0 Å². The first-order valence-corrected chi connectivity index (χ1v) is 22.4. The van der Waals surface area contributed by atoms with E-state index in [1.165, 1.54) is 173 Å². The summed E-state index contributed by atoms with van der Waals surface area (Å²) in [7, 11) is -4.56. The van der Waals surface area contributed by atoms with E-state index >= 15 is 0 Å². The first-order chi connectivity index (χ1) is 23.5. The third kappa shape index (κ3) is 22.3. The average molecular weight is 707 g/mol. The number of hydrogen-bond acceptors (Lipinski definition) is 3. The van der Waals surface area contributed by atoms with Crippen LogP contribution in [-0.4, -0.2) is 13.0 Å². The molecule has 49 heavy (non-hydrogen) atoms. The van der Waals surface area contributed by atoms with E-state index in [0.29, 0.717) is 11.8 Å². The quantitative estimate of drug-likeness (QED) is 0.0422. The maximum absolute atomic E-state index is 12.6. The maximum atomic E-state index is 12.6. The van der Waals surface area contributed by atoms with Crippen LogP contribution in [0.1, 0.15) is 218 Å². The van der Waals surface area contributed by atoms with Gasteiger partial charge in [-0.1, -0.05) is 224 Å². The van der Waals surface area contributed by atoms with Crippen LogP contribution in [0.5, 0.6) is 0 Å². The van der Waals surface area contributed by atoms with E-state index in [4.69, 9.17) is 0 Å². The molecule has 3 nitrogen and oxygen atoms in total. The Balaban J connectivity index is 0.0000120. The zero-order valence-corrected chi connectivity index (χ0v) is 35.5. The third-order valence-electron chi connectivity index (χ3n) is 10.5. The third-order valence-corrected chi connectivity index (χ3v) is 11.5. The van der Waals surface area contributed by atoms with Crippen molar-refractivity contribution < 1.29 is 42.5 Å². The van der Waals surface area contributed by atoms with Crippen molar-refractivity contribution in [3.8, 4) is 0 Å². The van der Waals surface area contributed by atoms with Gasteiger partial charge in [-0.25, -0.2) is 8.42 Å². The van der Waals surface area contributed by atoms with E-state index in [9.17, 15) is 13.0 Å². The summed E-state index contributed by atoms with van der Waals surface area (Å²) in [6.45, 7) is 4.56. The van der Waals surface area contributed by atoms with Gasteiger partial charge in [-0.15, -0.1) is 0 Å². The Morgan fingerprint density at radius 1 is 0.469 bits per heavy atom. The Bertz CT molecular complexity index is 1160. The summed E-state index contributed by atoms with van der Waals surface area (Å²) >= 11 is 0. The summed E-state index contributed by atoms with van der Waals surface area (Å²) in [5, 5.41) is 1.48. The Kier molecular flexibility index (Phi) is 29.7. The van der Waals surface area contributed by atoms with Crippen molar-refractivity contribution in [2.75, 3.05) is 0 Å². The summed E-state index contributed by atoms with van der Waals surface area (Å²) in [4.78, 5) is 0.0573. The Labute approximate surface area is 327 Å². The fraction of sp³-hybridized carbons (Fsp3) is 0.773. The summed E-state index contributed by atoms with van der Waals surface area (Å²) in [5.74, 6) is 0. The number of aryl methyl sites for hydroxylation is 1. The van der Waals surface area contributed by atoms with Crippen molar-refractivity contribution >= 4 is 20.9 Å². The van der Waals surface area contributed by atoms with E-state index in [-0.39, 0.29) is 34.5 Å². The topological polar surface area (TPSA) is 57.2 Å². The molecule has 0 atom stereocenters.